The highest BCUT2D eigenvalue weighted by Gasteiger charge is 2.36. The van der Waals surface area contributed by atoms with Gasteiger partial charge in [-0.3, -0.25) is 0 Å². The average molecular weight is 255 g/mol. The molecule has 0 aromatic heterocycles. The summed E-state index contributed by atoms with van der Waals surface area (Å²) >= 11 is 0. The van der Waals surface area contributed by atoms with E-state index in [0.29, 0.717) is 12.5 Å². The molecule has 2 aliphatic carbocycles. The number of hydrogen-bond acceptors (Lipinski definition) is 3. The molecule has 2 rings (SSSR count). The van der Waals surface area contributed by atoms with E-state index in [-0.39, 0.29) is 11.5 Å². The van der Waals surface area contributed by atoms with E-state index >= 15 is 0 Å². The van der Waals surface area contributed by atoms with Gasteiger partial charge < -0.3 is 15.1 Å². The monoisotopic (exact) mass is 255 g/mol. The fourth-order valence-corrected chi connectivity index (χ4v) is 3.67. The third-order valence-corrected chi connectivity index (χ3v) is 5.06. The minimum atomic E-state index is -0.0502. The second-order valence-electron chi connectivity index (χ2n) is 7.03. The zero-order valence-electron chi connectivity index (χ0n) is 11.9. The highest BCUT2D eigenvalue weighted by Crippen LogP contribution is 2.39. The maximum Gasteiger partial charge on any atom is 0.0546 e. The van der Waals surface area contributed by atoms with Crippen molar-refractivity contribution >= 4 is 0 Å². The topological polar surface area (TPSA) is 43.7 Å². The number of aliphatic hydroxyl groups excluding tert-OH is 2. The van der Waals surface area contributed by atoms with Gasteiger partial charge in [0.2, 0.25) is 0 Å². The number of nitrogens with zero attached hydrogens (tertiary/aromatic N) is 1. The molecule has 0 radical (unpaired) electrons. The molecule has 0 heterocycles. The molecule has 2 aliphatic rings. The molecule has 2 fully saturated rings. The highest BCUT2D eigenvalue weighted by molar-refractivity contribution is 4.88. The smallest absolute Gasteiger partial charge is 0.0546 e. The average Bonchev–Trinajstić information content (AvgIpc) is 2.30. The fourth-order valence-electron chi connectivity index (χ4n) is 3.67. The summed E-state index contributed by atoms with van der Waals surface area (Å²) in [5, 5.41) is 19.1. The van der Waals surface area contributed by atoms with Crippen molar-refractivity contribution in [2.24, 2.45) is 17.3 Å². The van der Waals surface area contributed by atoms with Gasteiger partial charge in [-0.25, -0.2) is 0 Å². The summed E-state index contributed by atoms with van der Waals surface area (Å²) in [6.07, 6.45) is 6.74. The van der Waals surface area contributed by atoms with Gasteiger partial charge in [-0.15, -0.1) is 0 Å². The summed E-state index contributed by atoms with van der Waals surface area (Å²) in [7, 11) is 2.17. The zero-order valence-corrected chi connectivity index (χ0v) is 11.9. The molecule has 0 spiro atoms. The van der Waals surface area contributed by atoms with Crippen LogP contribution in [-0.4, -0.2) is 48.0 Å². The van der Waals surface area contributed by atoms with Crippen LogP contribution in [0.1, 0.15) is 45.4 Å². The fraction of sp³-hybridized carbons (Fsp3) is 1.00. The second kappa shape index (κ2) is 5.89. The predicted molar refractivity (Wildman–Crippen MR) is 73.4 cm³/mol. The van der Waals surface area contributed by atoms with Gasteiger partial charge in [0.25, 0.3) is 0 Å². The molecule has 0 aromatic rings. The van der Waals surface area contributed by atoms with Crippen LogP contribution in [0.15, 0.2) is 0 Å². The van der Waals surface area contributed by atoms with Crippen molar-refractivity contribution < 1.29 is 10.2 Å². The molecule has 3 heteroatoms. The van der Waals surface area contributed by atoms with Crippen LogP contribution in [0.5, 0.6) is 0 Å². The first kappa shape index (κ1) is 14.3. The molecule has 0 aromatic carbocycles. The van der Waals surface area contributed by atoms with Crippen molar-refractivity contribution in [2.75, 3.05) is 26.7 Å². The van der Waals surface area contributed by atoms with Gasteiger partial charge in [-0.1, -0.05) is 19.8 Å². The van der Waals surface area contributed by atoms with Gasteiger partial charge >= 0.3 is 0 Å². The molecule has 18 heavy (non-hydrogen) atoms. The van der Waals surface area contributed by atoms with Crippen LogP contribution in [0, 0.1) is 17.3 Å². The van der Waals surface area contributed by atoms with Gasteiger partial charge in [-0.05, 0) is 44.6 Å². The lowest BCUT2D eigenvalue weighted by atomic mass is 9.71. The summed E-state index contributed by atoms with van der Waals surface area (Å²) in [5.41, 5.74) is 0.142. The molecule has 2 N–H and O–H groups in total. The molecule has 3 nitrogen and oxygen atoms in total. The Kier molecular flexibility index (Phi) is 4.68. The maximum atomic E-state index is 9.76. The predicted octanol–water partition coefficient (Wildman–Crippen LogP) is 1.88. The molecule has 106 valence electrons. The van der Waals surface area contributed by atoms with Crippen LogP contribution < -0.4 is 0 Å². The quantitative estimate of drug-likeness (QED) is 0.788. The second-order valence-corrected chi connectivity index (χ2v) is 7.03. The van der Waals surface area contributed by atoms with Crippen LogP contribution in [-0.2, 0) is 0 Å². The van der Waals surface area contributed by atoms with Crippen molar-refractivity contribution in [2.45, 2.75) is 51.6 Å². The van der Waals surface area contributed by atoms with Gasteiger partial charge in [0, 0.05) is 25.1 Å². The van der Waals surface area contributed by atoms with E-state index in [4.69, 9.17) is 0 Å². The third kappa shape index (κ3) is 3.46. The van der Waals surface area contributed by atoms with E-state index < -0.39 is 0 Å². The molecule has 0 aliphatic heterocycles. The largest absolute Gasteiger partial charge is 0.396 e. The Morgan fingerprint density at radius 2 is 1.83 bits per heavy atom. The summed E-state index contributed by atoms with van der Waals surface area (Å²) in [6, 6.07) is 0. The van der Waals surface area contributed by atoms with Crippen molar-refractivity contribution in [1.82, 2.24) is 4.90 Å². The summed E-state index contributed by atoms with van der Waals surface area (Å²) < 4.78 is 0. The third-order valence-electron chi connectivity index (χ3n) is 5.06. The Balaban J connectivity index is 1.78. The van der Waals surface area contributed by atoms with Crippen LogP contribution in [0.3, 0.4) is 0 Å². The van der Waals surface area contributed by atoms with Crippen LogP contribution in [0.2, 0.25) is 0 Å². The number of hydrogen-bond donors (Lipinski definition) is 2. The first-order chi connectivity index (χ1) is 8.53. The van der Waals surface area contributed by atoms with Crippen LogP contribution >= 0.6 is 0 Å². The molecule has 0 unspecified atom stereocenters. The molecular formula is C15H29NO2. The van der Waals surface area contributed by atoms with Crippen molar-refractivity contribution in [3.8, 4) is 0 Å². The Hall–Kier alpha value is -0.120. The van der Waals surface area contributed by atoms with Crippen LogP contribution in [0.4, 0.5) is 0 Å². The first-order valence-corrected chi connectivity index (χ1v) is 7.50. The highest BCUT2D eigenvalue weighted by atomic mass is 16.3. The lowest BCUT2D eigenvalue weighted by molar-refractivity contribution is 0.00222. The molecule has 0 amide bonds. The molecule has 0 atom stereocenters. The standard InChI is InChI=1S/C15H29NO2/c1-12-3-5-15(11-17,6-4-12)10-16(2)9-13-7-14(18)8-13/h12-14,17-18H,3-11H2,1-2H3. The van der Waals surface area contributed by atoms with E-state index in [9.17, 15) is 10.2 Å². The van der Waals surface area contributed by atoms with E-state index in [1.54, 1.807) is 0 Å². The van der Waals surface area contributed by atoms with E-state index in [1.807, 2.05) is 0 Å². The first-order valence-electron chi connectivity index (χ1n) is 7.50. The zero-order chi connectivity index (χ0) is 13.2. The van der Waals surface area contributed by atoms with Gasteiger partial charge in [0.15, 0.2) is 0 Å². The lowest BCUT2D eigenvalue weighted by Gasteiger charge is -2.42. The summed E-state index contributed by atoms with van der Waals surface area (Å²) in [6.45, 7) is 4.75. The van der Waals surface area contributed by atoms with Crippen molar-refractivity contribution in [1.29, 1.82) is 0 Å². The Labute approximate surface area is 111 Å². The van der Waals surface area contributed by atoms with Crippen LogP contribution in [0.25, 0.3) is 0 Å². The van der Waals surface area contributed by atoms with E-state index in [2.05, 4.69) is 18.9 Å². The summed E-state index contributed by atoms with van der Waals surface area (Å²) in [5.74, 6) is 1.50. The summed E-state index contributed by atoms with van der Waals surface area (Å²) in [4.78, 5) is 2.38. The van der Waals surface area contributed by atoms with Crippen molar-refractivity contribution in [3.63, 3.8) is 0 Å². The normalized spacial score (nSPS) is 40.8. The molecule has 2 saturated carbocycles. The molecular weight excluding hydrogens is 226 g/mol. The van der Waals surface area contributed by atoms with Gasteiger partial charge in [0.1, 0.15) is 0 Å². The number of aliphatic hydroxyl groups is 2. The maximum absolute atomic E-state index is 9.76. The SMILES string of the molecule is CC1CCC(CO)(CN(C)CC2CC(O)C2)CC1. The Morgan fingerprint density at radius 3 is 2.33 bits per heavy atom. The number of rotatable bonds is 5. The minimum absolute atomic E-state index is 0.0502. The molecule has 0 saturated heterocycles. The van der Waals surface area contributed by atoms with Crippen molar-refractivity contribution in [3.05, 3.63) is 0 Å². The van der Waals surface area contributed by atoms with Gasteiger partial charge in [-0.2, -0.15) is 0 Å². The lowest BCUT2D eigenvalue weighted by Crippen LogP contribution is -2.44. The minimum Gasteiger partial charge on any atom is -0.396 e. The van der Waals surface area contributed by atoms with E-state index in [1.165, 1.54) is 25.7 Å². The molecule has 0 bridgehead atoms. The van der Waals surface area contributed by atoms with E-state index in [0.717, 1.165) is 31.8 Å². The Bertz CT molecular complexity index is 255. The Morgan fingerprint density at radius 1 is 1.22 bits per heavy atom. The van der Waals surface area contributed by atoms with Gasteiger partial charge in [0.05, 0.1) is 6.10 Å².